The molecule has 0 aliphatic rings. The number of unbranched alkanes of at least 4 members (excludes halogenated alkanes) is 1. The highest BCUT2D eigenvalue weighted by Crippen LogP contribution is 1.99. The van der Waals surface area contributed by atoms with Gasteiger partial charge in [-0.3, -0.25) is 4.79 Å². The number of carbonyl (C=O) groups excluding carboxylic acids is 1. The number of hydrogen-bond donors (Lipinski definition) is 2. The molecule has 0 saturated carbocycles. The highest BCUT2D eigenvalue weighted by molar-refractivity contribution is 5.94. The average Bonchev–Trinajstić information content (AvgIpc) is 2.43. The predicted octanol–water partition coefficient (Wildman–Crippen LogP) is 1.69. The van der Waals surface area contributed by atoms with Crippen molar-refractivity contribution in [1.82, 2.24) is 5.32 Å². The van der Waals surface area contributed by atoms with Crippen LogP contribution in [0.4, 0.5) is 0 Å². The molecule has 0 heterocycles. The van der Waals surface area contributed by atoms with Crippen LogP contribution in [0.15, 0.2) is 30.3 Å². The Labute approximate surface area is 112 Å². The lowest BCUT2D eigenvalue weighted by Gasteiger charge is -2.14. The highest BCUT2D eigenvalue weighted by Gasteiger charge is 2.18. The maximum absolute atomic E-state index is 11.7. The van der Waals surface area contributed by atoms with Gasteiger partial charge in [-0.15, -0.1) is 0 Å². The minimum atomic E-state index is -1.07. The van der Waals surface area contributed by atoms with E-state index in [2.05, 4.69) is 5.32 Å². The molecule has 0 radical (unpaired) electrons. The average molecular weight is 265 g/mol. The lowest BCUT2D eigenvalue weighted by molar-refractivity contribution is -0.149. The molecule has 1 atom stereocenters. The molecule has 5 nitrogen and oxygen atoms in total. The van der Waals surface area contributed by atoms with Crippen LogP contribution in [0.5, 0.6) is 0 Å². The molecule has 0 saturated heterocycles. The van der Waals surface area contributed by atoms with Crippen molar-refractivity contribution in [3.8, 4) is 0 Å². The summed E-state index contributed by atoms with van der Waals surface area (Å²) < 4.78 is 5.22. The number of hydrogen-bond acceptors (Lipinski definition) is 3. The zero-order valence-corrected chi connectivity index (χ0v) is 11.0. The molecular formula is C14H19NO4. The first-order chi connectivity index (χ1) is 9.15. The highest BCUT2D eigenvalue weighted by atomic mass is 16.5. The van der Waals surface area contributed by atoms with E-state index >= 15 is 0 Å². The molecule has 1 aromatic rings. The first-order valence-electron chi connectivity index (χ1n) is 6.32. The fourth-order valence-corrected chi connectivity index (χ4v) is 1.46. The lowest BCUT2D eigenvalue weighted by Crippen LogP contribution is -2.38. The Morgan fingerprint density at radius 1 is 1.32 bits per heavy atom. The van der Waals surface area contributed by atoms with E-state index in [1.807, 2.05) is 13.0 Å². The first-order valence-corrected chi connectivity index (χ1v) is 6.32. The quantitative estimate of drug-likeness (QED) is 0.701. The third-order valence-electron chi connectivity index (χ3n) is 2.58. The second kappa shape index (κ2) is 8.26. The zero-order chi connectivity index (χ0) is 14.1. The molecule has 0 aliphatic heterocycles. The molecule has 1 amide bonds. The van der Waals surface area contributed by atoms with Crippen molar-refractivity contribution in [2.75, 3.05) is 13.2 Å². The van der Waals surface area contributed by atoms with Gasteiger partial charge in [0.2, 0.25) is 0 Å². The number of carbonyl (C=O) groups is 2. The van der Waals surface area contributed by atoms with Gasteiger partial charge in [-0.1, -0.05) is 31.5 Å². The molecule has 1 rings (SSSR count). The third kappa shape index (κ3) is 5.52. The maximum Gasteiger partial charge on any atom is 0.334 e. The summed E-state index contributed by atoms with van der Waals surface area (Å²) in [5, 5.41) is 11.5. The van der Waals surface area contributed by atoms with Crippen molar-refractivity contribution in [2.45, 2.75) is 25.9 Å². The number of ether oxygens (including phenoxy) is 1. The minimum Gasteiger partial charge on any atom is -0.479 e. The largest absolute Gasteiger partial charge is 0.479 e. The van der Waals surface area contributed by atoms with E-state index in [0.717, 1.165) is 12.8 Å². The Kier molecular flexibility index (Phi) is 6.60. The first kappa shape index (κ1) is 15.2. The molecule has 0 aromatic heterocycles. The lowest BCUT2D eigenvalue weighted by atomic mass is 10.2. The van der Waals surface area contributed by atoms with Gasteiger partial charge in [0, 0.05) is 12.2 Å². The van der Waals surface area contributed by atoms with Crippen LogP contribution in [0, 0.1) is 0 Å². The van der Waals surface area contributed by atoms with E-state index in [4.69, 9.17) is 9.84 Å². The number of carboxylic acid groups (broad SMARTS) is 1. The SMILES string of the molecule is CCCCOC(CNC(=O)c1ccccc1)C(=O)O. The fraction of sp³-hybridized carbons (Fsp3) is 0.429. The molecule has 1 aromatic carbocycles. The molecule has 19 heavy (non-hydrogen) atoms. The molecule has 2 N–H and O–H groups in total. The molecule has 104 valence electrons. The van der Waals surface area contributed by atoms with Crippen molar-refractivity contribution in [3.05, 3.63) is 35.9 Å². The van der Waals surface area contributed by atoms with Crippen LogP contribution in [-0.2, 0) is 9.53 Å². The topological polar surface area (TPSA) is 75.6 Å². The summed E-state index contributed by atoms with van der Waals surface area (Å²) in [7, 11) is 0. The summed E-state index contributed by atoms with van der Waals surface area (Å²) in [6.07, 6.45) is 0.735. The van der Waals surface area contributed by atoms with Gasteiger partial charge in [0.05, 0.1) is 6.54 Å². The van der Waals surface area contributed by atoms with Crippen molar-refractivity contribution in [3.63, 3.8) is 0 Å². The van der Waals surface area contributed by atoms with Gasteiger partial charge >= 0.3 is 5.97 Å². The monoisotopic (exact) mass is 265 g/mol. The van der Waals surface area contributed by atoms with Crippen LogP contribution in [0.25, 0.3) is 0 Å². The number of nitrogens with one attached hydrogen (secondary N) is 1. The number of aliphatic carboxylic acids is 1. The van der Waals surface area contributed by atoms with Gasteiger partial charge in [0.25, 0.3) is 5.91 Å². The number of benzene rings is 1. The summed E-state index contributed by atoms with van der Waals surface area (Å²) in [6, 6.07) is 8.65. The Morgan fingerprint density at radius 3 is 2.58 bits per heavy atom. The Hall–Kier alpha value is -1.88. The van der Waals surface area contributed by atoms with Crippen molar-refractivity contribution in [2.24, 2.45) is 0 Å². The Balaban J connectivity index is 2.43. The molecule has 0 aliphatic carbocycles. The van der Waals surface area contributed by atoms with E-state index in [0.29, 0.717) is 12.2 Å². The molecule has 5 heteroatoms. The number of rotatable bonds is 8. The van der Waals surface area contributed by atoms with Crippen molar-refractivity contribution in [1.29, 1.82) is 0 Å². The minimum absolute atomic E-state index is 0.0349. The zero-order valence-electron chi connectivity index (χ0n) is 11.0. The Morgan fingerprint density at radius 2 is 2.00 bits per heavy atom. The van der Waals surface area contributed by atoms with Gasteiger partial charge in [0.1, 0.15) is 0 Å². The molecule has 0 bridgehead atoms. The number of carboxylic acids is 1. The number of amides is 1. The molecule has 0 fully saturated rings. The van der Waals surface area contributed by atoms with Crippen LogP contribution in [0.3, 0.4) is 0 Å². The third-order valence-corrected chi connectivity index (χ3v) is 2.58. The Bertz CT molecular complexity index is 405. The normalized spacial score (nSPS) is 11.8. The van der Waals surface area contributed by atoms with Crippen molar-refractivity contribution < 1.29 is 19.4 Å². The standard InChI is InChI=1S/C14H19NO4/c1-2-3-9-19-12(14(17)18)10-15-13(16)11-7-5-4-6-8-11/h4-8,12H,2-3,9-10H2,1H3,(H,15,16)(H,17,18). The molecule has 1 unspecified atom stereocenters. The van der Waals surface area contributed by atoms with E-state index < -0.39 is 12.1 Å². The molecular weight excluding hydrogens is 246 g/mol. The van der Waals surface area contributed by atoms with Crippen LogP contribution in [0.1, 0.15) is 30.1 Å². The van der Waals surface area contributed by atoms with Crippen LogP contribution in [-0.4, -0.2) is 36.2 Å². The predicted molar refractivity (Wildman–Crippen MR) is 71.1 cm³/mol. The van der Waals surface area contributed by atoms with E-state index in [1.54, 1.807) is 24.3 Å². The van der Waals surface area contributed by atoms with E-state index in [9.17, 15) is 9.59 Å². The molecule has 0 spiro atoms. The van der Waals surface area contributed by atoms with E-state index in [-0.39, 0.29) is 12.5 Å². The fourth-order valence-electron chi connectivity index (χ4n) is 1.46. The van der Waals surface area contributed by atoms with Crippen LogP contribution >= 0.6 is 0 Å². The van der Waals surface area contributed by atoms with Crippen molar-refractivity contribution >= 4 is 11.9 Å². The van der Waals surface area contributed by atoms with Crippen LogP contribution < -0.4 is 5.32 Å². The van der Waals surface area contributed by atoms with Gasteiger partial charge in [-0.2, -0.15) is 0 Å². The van der Waals surface area contributed by atoms with E-state index in [1.165, 1.54) is 0 Å². The van der Waals surface area contributed by atoms with Crippen LogP contribution in [0.2, 0.25) is 0 Å². The second-order valence-corrected chi connectivity index (χ2v) is 4.13. The van der Waals surface area contributed by atoms with Gasteiger partial charge < -0.3 is 15.2 Å². The summed E-state index contributed by atoms with van der Waals surface area (Å²) in [6.45, 7) is 2.35. The summed E-state index contributed by atoms with van der Waals surface area (Å²) >= 11 is 0. The van der Waals surface area contributed by atoms with Gasteiger partial charge in [-0.25, -0.2) is 4.79 Å². The summed E-state index contributed by atoms with van der Waals surface area (Å²) in [5.41, 5.74) is 0.500. The second-order valence-electron chi connectivity index (χ2n) is 4.13. The smallest absolute Gasteiger partial charge is 0.334 e. The van der Waals surface area contributed by atoms with Gasteiger partial charge in [-0.05, 0) is 18.6 Å². The maximum atomic E-state index is 11.7. The summed E-state index contributed by atoms with van der Waals surface area (Å²) in [4.78, 5) is 22.7. The summed E-state index contributed by atoms with van der Waals surface area (Å²) in [5.74, 6) is -1.37. The van der Waals surface area contributed by atoms with Gasteiger partial charge in [0.15, 0.2) is 6.10 Å².